The Balaban J connectivity index is 1.96. The highest BCUT2D eigenvalue weighted by molar-refractivity contribution is 7.91. The summed E-state index contributed by atoms with van der Waals surface area (Å²) in [5, 5.41) is 31.0. The maximum Gasteiger partial charge on any atom is 0.397 e. The lowest BCUT2D eigenvalue weighted by Gasteiger charge is -2.05. The molecule has 3 rings (SSSR count). The number of aromatic carboxylic acids is 1. The molecule has 19 heteroatoms. The Labute approximate surface area is 209 Å². The van der Waals surface area contributed by atoms with Crippen LogP contribution in [0.5, 0.6) is 5.88 Å². The summed E-state index contributed by atoms with van der Waals surface area (Å²) < 4.78 is 91.1. The third-order valence-electron chi connectivity index (χ3n) is 4.43. The second-order valence-electron chi connectivity index (χ2n) is 6.98. The molecule has 0 fully saturated rings. The van der Waals surface area contributed by atoms with Gasteiger partial charge in [0.15, 0.2) is 15.5 Å². The van der Waals surface area contributed by atoms with Gasteiger partial charge in [-0.2, -0.15) is 31.7 Å². The number of benzene rings is 2. The lowest BCUT2D eigenvalue weighted by molar-refractivity contribution is 0.0690. The molecule has 0 saturated heterocycles. The van der Waals surface area contributed by atoms with Crippen LogP contribution in [0.3, 0.4) is 0 Å². The fourth-order valence-corrected chi connectivity index (χ4v) is 4.85. The van der Waals surface area contributed by atoms with E-state index < -0.39 is 70.8 Å². The van der Waals surface area contributed by atoms with Crippen LogP contribution in [0.4, 0.5) is 11.4 Å². The number of carboxylic acid groups (broad SMARTS) is 1. The number of carboxylic acids is 1. The SMILES string of the molecule is O=C(O)c1nn(-c2cccc(S(=O)(=O)O)c2)c(O)c1/N=N/c1cccc(S(=O)(=O)CCOS(=O)(=O)O)c1. The van der Waals surface area contributed by atoms with Crippen LogP contribution in [-0.2, 0) is 34.5 Å². The summed E-state index contributed by atoms with van der Waals surface area (Å²) in [4.78, 5) is 10.8. The molecule has 0 spiro atoms. The zero-order valence-corrected chi connectivity index (χ0v) is 20.6. The first kappa shape index (κ1) is 27.8. The van der Waals surface area contributed by atoms with Crippen LogP contribution in [0, 0.1) is 0 Å². The number of rotatable bonds is 10. The predicted molar refractivity (Wildman–Crippen MR) is 122 cm³/mol. The van der Waals surface area contributed by atoms with Gasteiger partial charge >= 0.3 is 16.4 Å². The van der Waals surface area contributed by atoms with E-state index in [0.717, 1.165) is 24.3 Å². The average Bonchev–Trinajstić information content (AvgIpc) is 3.13. The number of aromatic nitrogens is 2. The molecule has 0 radical (unpaired) electrons. The minimum Gasteiger partial charge on any atom is -0.492 e. The normalized spacial score (nSPS) is 12.7. The molecule has 1 heterocycles. The molecule has 0 unspecified atom stereocenters. The summed E-state index contributed by atoms with van der Waals surface area (Å²) in [7, 11) is -13.6. The van der Waals surface area contributed by atoms with Gasteiger partial charge in [-0.15, -0.1) is 5.11 Å². The van der Waals surface area contributed by atoms with Crippen molar-refractivity contribution in [2.45, 2.75) is 9.79 Å². The smallest absolute Gasteiger partial charge is 0.397 e. The van der Waals surface area contributed by atoms with E-state index in [9.17, 15) is 44.8 Å². The Morgan fingerprint density at radius 2 is 1.59 bits per heavy atom. The third kappa shape index (κ3) is 6.93. The summed E-state index contributed by atoms with van der Waals surface area (Å²) >= 11 is 0. The molecular weight excluding hydrogens is 560 g/mol. The van der Waals surface area contributed by atoms with Crippen molar-refractivity contribution < 1.29 is 53.5 Å². The standard InChI is InChI=1S/C18H16N4O12S3/c23-17-15(16(18(24)25)21-22(17)12-4-2-6-14(10-12)36(28,29)30)20-19-11-3-1-5-13(9-11)35(26,27)8-7-34-37(31,32)33/h1-6,9-10,23H,7-8H2,(H,24,25)(H,28,29,30)(H,31,32,33)/b20-19+. The van der Waals surface area contributed by atoms with Crippen molar-refractivity contribution in [3.05, 3.63) is 54.2 Å². The summed E-state index contributed by atoms with van der Waals surface area (Å²) in [6.45, 7) is -0.860. The molecule has 0 amide bonds. The third-order valence-corrected chi connectivity index (χ3v) is 7.42. The monoisotopic (exact) mass is 576 g/mol. The number of sulfone groups is 1. The largest absolute Gasteiger partial charge is 0.492 e. The Morgan fingerprint density at radius 3 is 2.22 bits per heavy atom. The highest BCUT2D eigenvalue weighted by Crippen LogP contribution is 2.35. The van der Waals surface area contributed by atoms with Crippen LogP contribution in [0.1, 0.15) is 10.5 Å². The number of aromatic hydroxyl groups is 1. The number of azo groups is 1. The molecule has 0 aliphatic carbocycles. The topological polar surface area (TPSA) is 252 Å². The molecule has 0 aliphatic heterocycles. The number of nitrogens with zero attached hydrogens (tertiary/aromatic N) is 4. The zero-order valence-electron chi connectivity index (χ0n) is 18.1. The molecule has 16 nitrogen and oxygen atoms in total. The van der Waals surface area contributed by atoms with Crippen molar-refractivity contribution in [3.63, 3.8) is 0 Å². The molecule has 37 heavy (non-hydrogen) atoms. The quantitative estimate of drug-likeness (QED) is 0.197. The van der Waals surface area contributed by atoms with E-state index in [1.165, 1.54) is 24.3 Å². The van der Waals surface area contributed by atoms with E-state index in [0.29, 0.717) is 4.68 Å². The molecule has 0 aliphatic rings. The maximum atomic E-state index is 12.4. The zero-order chi connectivity index (χ0) is 27.6. The van der Waals surface area contributed by atoms with Gasteiger partial charge in [0.05, 0.1) is 33.5 Å². The molecule has 3 aromatic rings. The average molecular weight is 577 g/mol. The number of hydrogen-bond acceptors (Lipinski definition) is 12. The van der Waals surface area contributed by atoms with Gasteiger partial charge in [-0.05, 0) is 36.4 Å². The van der Waals surface area contributed by atoms with Crippen molar-refractivity contribution in [3.8, 4) is 11.6 Å². The van der Waals surface area contributed by atoms with Gasteiger partial charge in [-0.1, -0.05) is 12.1 Å². The second kappa shape index (κ2) is 10.3. The van der Waals surface area contributed by atoms with Gasteiger partial charge < -0.3 is 10.2 Å². The Bertz CT molecular complexity index is 1710. The van der Waals surface area contributed by atoms with Crippen molar-refractivity contribution in [2.75, 3.05) is 12.4 Å². The highest BCUT2D eigenvalue weighted by Gasteiger charge is 2.25. The van der Waals surface area contributed by atoms with Crippen LogP contribution in [0.25, 0.3) is 5.69 Å². The van der Waals surface area contributed by atoms with Gasteiger partial charge in [-0.25, -0.2) is 17.4 Å². The second-order valence-corrected chi connectivity index (χ2v) is 11.6. The molecular formula is C18H16N4O12S3. The van der Waals surface area contributed by atoms with Crippen molar-refractivity contribution in [1.82, 2.24) is 9.78 Å². The fourth-order valence-electron chi connectivity index (χ4n) is 2.81. The van der Waals surface area contributed by atoms with Gasteiger partial charge in [0.1, 0.15) is 0 Å². The Hall–Kier alpha value is -3.75. The van der Waals surface area contributed by atoms with Crippen molar-refractivity contribution in [2.24, 2.45) is 10.2 Å². The number of carbonyl (C=O) groups is 1. The minimum absolute atomic E-state index is 0.117. The molecule has 0 bridgehead atoms. The molecule has 1 aromatic heterocycles. The van der Waals surface area contributed by atoms with Gasteiger partial charge in [0.2, 0.25) is 11.6 Å². The van der Waals surface area contributed by atoms with Crippen molar-refractivity contribution in [1.29, 1.82) is 0 Å². The van der Waals surface area contributed by atoms with E-state index in [1.54, 1.807) is 0 Å². The Kier molecular flexibility index (Phi) is 7.76. The van der Waals surface area contributed by atoms with Crippen molar-refractivity contribution >= 4 is 47.7 Å². The first-order valence-corrected chi connectivity index (χ1v) is 14.0. The van der Waals surface area contributed by atoms with E-state index in [-0.39, 0.29) is 16.3 Å². The molecule has 4 N–H and O–H groups in total. The van der Waals surface area contributed by atoms with Crippen LogP contribution >= 0.6 is 0 Å². The lowest BCUT2D eigenvalue weighted by Crippen LogP contribution is -2.15. The highest BCUT2D eigenvalue weighted by atomic mass is 32.3. The fraction of sp³-hybridized carbons (Fsp3) is 0.111. The summed E-state index contributed by atoms with van der Waals surface area (Å²) in [5.74, 6) is -3.31. The van der Waals surface area contributed by atoms with Gasteiger partial charge in [0, 0.05) is 0 Å². The molecule has 2 aromatic carbocycles. The summed E-state index contributed by atoms with van der Waals surface area (Å²) in [6.07, 6.45) is 0. The first-order chi connectivity index (χ1) is 17.1. The summed E-state index contributed by atoms with van der Waals surface area (Å²) in [5.41, 5.74) is -1.70. The first-order valence-electron chi connectivity index (χ1n) is 9.58. The maximum absolute atomic E-state index is 12.4. The van der Waals surface area contributed by atoms with Gasteiger partial charge in [-0.3, -0.25) is 9.11 Å². The van der Waals surface area contributed by atoms with Gasteiger partial charge in [0.25, 0.3) is 10.1 Å². The molecule has 0 atom stereocenters. The summed E-state index contributed by atoms with van der Waals surface area (Å²) in [6, 6.07) is 9.14. The minimum atomic E-state index is -4.84. The van der Waals surface area contributed by atoms with Crippen LogP contribution in [0.15, 0.2) is 68.6 Å². The molecule has 0 saturated carbocycles. The predicted octanol–water partition coefficient (Wildman–Crippen LogP) is 1.53. The van der Waals surface area contributed by atoms with E-state index >= 15 is 0 Å². The molecule has 198 valence electrons. The van der Waals surface area contributed by atoms with Crippen LogP contribution < -0.4 is 0 Å². The van der Waals surface area contributed by atoms with E-state index in [2.05, 4.69) is 19.5 Å². The Morgan fingerprint density at radius 1 is 0.946 bits per heavy atom. The van der Waals surface area contributed by atoms with E-state index in [4.69, 9.17) is 4.55 Å². The lowest BCUT2D eigenvalue weighted by atomic mass is 10.3. The van der Waals surface area contributed by atoms with Crippen LogP contribution in [0.2, 0.25) is 0 Å². The van der Waals surface area contributed by atoms with Crippen LogP contribution in [-0.4, -0.2) is 72.7 Å². The van der Waals surface area contributed by atoms with E-state index in [1.807, 2.05) is 0 Å². The number of hydrogen-bond donors (Lipinski definition) is 4.